The fourth-order valence-electron chi connectivity index (χ4n) is 5.80. The van der Waals surface area contributed by atoms with Gasteiger partial charge >= 0.3 is 5.97 Å². The molecule has 2 fully saturated rings. The van der Waals surface area contributed by atoms with Crippen LogP contribution in [0.3, 0.4) is 0 Å². The maximum atomic E-state index is 14.0. The number of likely N-dealkylation sites (tertiary alicyclic amines) is 1. The highest BCUT2D eigenvalue weighted by Crippen LogP contribution is 2.42. The summed E-state index contributed by atoms with van der Waals surface area (Å²) in [6.45, 7) is 3.64. The molecule has 3 heterocycles. The molecule has 1 aromatic heterocycles. The van der Waals surface area contributed by atoms with Gasteiger partial charge < -0.3 is 39.7 Å². The number of piperidine rings is 1. The minimum Gasteiger partial charge on any atom is -0.508 e. The number of aromatic hydroxyl groups is 1. The molecule has 0 spiro atoms. The number of benzene rings is 3. The van der Waals surface area contributed by atoms with E-state index in [0.717, 1.165) is 24.3 Å². The lowest BCUT2D eigenvalue weighted by Gasteiger charge is -2.38. The number of aliphatic hydroxyl groups excluding tert-OH is 3. The average molecular weight is 650 g/mol. The van der Waals surface area contributed by atoms with Gasteiger partial charge in [0.05, 0.1) is 0 Å². The Labute approximate surface area is 268 Å². The summed E-state index contributed by atoms with van der Waals surface area (Å²) < 4.78 is 17.5. The number of phenols is 1. The van der Waals surface area contributed by atoms with Crippen molar-refractivity contribution in [2.45, 2.75) is 50.0 Å². The third-order valence-electron chi connectivity index (χ3n) is 8.32. The number of carbonyl (C=O) groups is 2. The fraction of sp³-hybridized carbons (Fsp3) is 0.353. The molecule has 2 aliphatic rings. The van der Waals surface area contributed by atoms with Gasteiger partial charge in [0, 0.05) is 32.6 Å². The van der Waals surface area contributed by atoms with Crippen LogP contribution in [-0.2, 0) is 9.53 Å². The van der Waals surface area contributed by atoms with Crippen molar-refractivity contribution in [3.05, 3.63) is 77.9 Å². The van der Waals surface area contributed by atoms with E-state index in [4.69, 9.17) is 14.2 Å². The standard InChI is InChI=1S/C34H35NO10S/c36-21-8-13-24-25(18-21)46-32(20-6-11-23(12-7-20)44-34-30(40)28(38)29(39)31(45-34)33(41)42)26(24)27(37)19-4-9-22(10-5-19)43-17-16-35-14-2-1-3-15-35/h4-13,18,28-31,34,36,38-40H,1-3,14-17H2,(H,41,42)/t28-,29-,30-,31?,34+/m1/s1. The van der Waals surface area contributed by atoms with E-state index in [2.05, 4.69) is 4.90 Å². The topological polar surface area (TPSA) is 166 Å². The Kier molecular flexibility index (Phi) is 9.54. The third kappa shape index (κ3) is 6.73. The van der Waals surface area contributed by atoms with Crippen LogP contribution >= 0.6 is 11.3 Å². The number of carbonyl (C=O) groups excluding carboxylic acids is 1. The number of aliphatic carboxylic acids is 1. The molecule has 5 N–H and O–H groups in total. The lowest BCUT2D eigenvalue weighted by molar-refractivity contribution is -0.271. The molecule has 3 aromatic carbocycles. The number of phenolic OH excluding ortho intramolecular Hbond substituents is 1. The molecule has 6 rings (SSSR count). The molecule has 11 nitrogen and oxygen atoms in total. The zero-order valence-electron chi connectivity index (χ0n) is 24.8. The van der Waals surface area contributed by atoms with Gasteiger partial charge in [-0.2, -0.15) is 0 Å². The molecule has 0 aliphatic carbocycles. The quantitative estimate of drug-likeness (QED) is 0.159. The van der Waals surface area contributed by atoms with Gasteiger partial charge in [0.25, 0.3) is 0 Å². The molecule has 0 bridgehead atoms. The van der Waals surface area contributed by atoms with Crippen LogP contribution in [0.5, 0.6) is 17.2 Å². The van der Waals surface area contributed by atoms with E-state index in [1.54, 1.807) is 60.7 Å². The molecule has 4 aromatic rings. The van der Waals surface area contributed by atoms with Gasteiger partial charge in [0.2, 0.25) is 6.29 Å². The molecule has 0 amide bonds. The number of rotatable bonds is 10. The maximum absolute atomic E-state index is 14.0. The number of hydrogen-bond donors (Lipinski definition) is 5. The molecule has 0 saturated carbocycles. The molecule has 2 saturated heterocycles. The molecule has 5 atom stereocenters. The largest absolute Gasteiger partial charge is 0.508 e. The number of nitrogens with zero attached hydrogens (tertiary/aromatic N) is 1. The van der Waals surface area contributed by atoms with Gasteiger partial charge in [-0.15, -0.1) is 11.3 Å². The van der Waals surface area contributed by atoms with Crippen LogP contribution in [0.4, 0.5) is 0 Å². The lowest BCUT2D eigenvalue weighted by Crippen LogP contribution is -2.61. The number of hydrogen-bond acceptors (Lipinski definition) is 11. The molecule has 46 heavy (non-hydrogen) atoms. The summed E-state index contributed by atoms with van der Waals surface area (Å²) in [4.78, 5) is 28.5. The second-order valence-electron chi connectivity index (χ2n) is 11.5. The molecule has 1 unspecified atom stereocenters. The number of ketones is 1. The van der Waals surface area contributed by atoms with E-state index in [9.17, 15) is 35.1 Å². The summed E-state index contributed by atoms with van der Waals surface area (Å²) in [6.07, 6.45) is -4.93. The fourth-order valence-corrected chi connectivity index (χ4v) is 7.04. The van der Waals surface area contributed by atoms with Crippen molar-refractivity contribution >= 4 is 33.2 Å². The molecule has 242 valence electrons. The summed E-state index contributed by atoms with van der Waals surface area (Å²) >= 11 is 1.35. The predicted molar refractivity (Wildman–Crippen MR) is 170 cm³/mol. The van der Waals surface area contributed by atoms with E-state index in [-0.39, 0.29) is 17.3 Å². The number of thiophene rings is 1. The summed E-state index contributed by atoms with van der Waals surface area (Å²) in [5, 5.41) is 50.4. The van der Waals surface area contributed by atoms with Crippen molar-refractivity contribution in [3.8, 4) is 27.7 Å². The van der Waals surface area contributed by atoms with Gasteiger partial charge in [0.15, 0.2) is 11.9 Å². The van der Waals surface area contributed by atoms with Crippen molar-refractivity contribution in [3.63, 3.8) is 0 Å². The van der Waals surface area contributed by atoms with Gasteiger partial charge in [-0.1, -0.05) is 6.42 Å². The number of carboxylic acids is 1. The first-order valence-electron chi connectivity index (χ1n) is 15.1. The Morgan fingerprint density at radius 2 is 1.57 bits per heavy atom. The predicted octanol–water partition coefficient (Wildman–Crippen LogP) is 3.64. The van der Waals surface area contributed by atoms with Crippen molar-refractivity contribution in [2.75, 3.05) is 26.2 Å². The van der Waals surface area contributed by atoms with Crippen molar-refractivity contribution in [1.82, 2.24) is 4.90 Å². The van der Waals surface area contributed by atoms with E-state index in [1.807, 2.05) is 0 Å². The molecular weight excluding hydrogens is 614 g/mol. The smallest absolute Gasteiger partial charge is 0.335 e. The normalized spacial score (nSPS) is 23.7. The monoisotopic (exact) mass is 649 g/mol. The minimum absolute atomic E-state index is 0.0760. The highest BCUT2D eigenvalue weighted by Gasteiger charge is 2.48. The molecule has 0 radical (unpaired) electrons. The van der Waals surface area contributed by atoms with Crippen LogP contribution in [0.25, 0.3) is 20.5 Å². The Hall–Kier alpha value is -4.04. The van der Waals surface area contributed by atoms with E-state index < -0.39 is 36.7 Å². The van der Waals surface area contributed by atoms with Crippen LogP contribution in [0.2, 0.25) is 0 Å². The zero-order valence-corrected chi connectivity index (χ0v) is 25.6. The van der Waals surface area contributed by atoms with Crippen LogP contribution in [-0.4, -0.2) is 99.1 Å². The van der Waals surface area contributed by atoms with Crippen LogP contribution < -0.4 is 9.47 Å². The SMILES string of the molecule is O=C(c1ccc(OCCN2CCCCC2)cc1)c1c(-c2ccc(O[C@H]3OC(C(=O)O)[C@H](O)[C@@H](O)[C@H]3O)cc2)sc2cc(O)ccc12. The first-order valence-corrected chi connectivity index (χ1v) is 16.0. The summed E-state index contributed by atoms with van der Waals surface area (Å²) in [7, 11) is 0. The van der Waals surface area contributed by atoms with Gasteiger partial charge in [-0.3, -0.25) is 9.69 Å². The Morgan fingerprint density at radius 1 is 0.870 bits per heavy atom. The summed E-state index contributed by atoms with van der Waals surface area (Å²) in [5.74, 6) is -0.744. The minimum atomic E-state index is -1.83. The second-order valence-corrected chi connectivity index (χ2v) is 12.5. The average Bonchev–Trinajstić information content (AvgIpc) is 3.44. The molecule has 2 aliphatic heterocycles. The van der Waals surface area contributed by atoms with Crippen molar-refractivity contribution in [1.29, 1.82) is 0 Å². The lowest BCUT2D eigenvalue weighted by atomic mass is 9.97. The highest BCUT2D eigenvalue weighted by molar-refractivity contribution is 7.22. The first kappa shape index (κ1) is 31.9. The Bertz CT molecular complexity index is 1680. The number of carboxylic acid groups (broad SMARTS) is 1. The van der Waals surface area contributed by atoms with Crippen molar-refractivity contribution < 1.29 is 49.3 Å². The highest BCUT2D eigenvalue weighted by atomic mass is 32.1. The Balaban J connectivity index is 1.21. The van der Waals surface area contributed by atoms with E-state index in [0.29, 0.717) is 39.3 Å². The third-order valence-corrected chi connectivity index (χ3v) is 9.53. The van der Waals surface area contributed by atoms with Gasteiger partial charge in [0.1, 0.15) is 42.2 Å². The van der Waals surface area contributed by atoms with E-state index in [1.165, 1.54) is 36.7 Å². The summed E-state index contributed by atoms with van der Waals surface area (Å²) in [5.41, 5.74) is 1.63. The number of aliphatic hydroxyl groups is 3. The molecule has 12 heteroatoms. The number of ether oxygens (including phenoxy) is 3. The first-order chi connectivity index (χ1) is 22.2. The van der Waals surface area contributed by atoms with Gasteiger partial charge in [-0.05, 0) is 98.2 Å². The second kappa shape index (κ2) is 13.8. The maximum Gasteiger partial charge on any atom is 0.335 e. The van der Waals surface area contributed by atoms with Crippen LogP contribution in [0, 0.1) is 0 Å². The van der Waals surface area contributed by atoms with Crippen LogP contribution in [0.1, 0.15) is 35.2 Å². The van der Waals surface area contributed by atoms with E-state index >= 15 is 0 Å². The van der Waals surface area contributed by atoms with Crippen molar-refractivity contribution in [2.24, 2.45) is 0 Å². The Morgan fingerprint density at radius 3 is 2.26 bits per heavy atom. The van der Waals surface area contributed by atoms with Gasteiger partial charge in [-0.25, -0.2) is 4.79 Å². The molecular formula is C34H35NO10S. The zero-order chi connectivity index (χ0) is 32.4. The summed E-state index contributed by atoms with van der Waals surface area (Å²) in [6, 6.07) is 18.5. The van der Waals surface area contributed by atoms with Crippen LogP contribution in [0.15, 0.2) is 66.7 Å². The number of fused-ring (bicyclic) bond motifs is 1.